The Hall–Kier alpha value is -3.39. The van der Waals surface area contributed by atoms with Crippen LogP contribution in [0.3, 0.4) is 0 Å². The van der Waals surface area contributed by atoms with E-state index in [-0.39, 0.29) is 21.8 Å². The summed E-state index contributed by atoms with van der Waals surface area (Å²) in [6.45, 7) is 1.26. The molecule has 2 heterocycles. The molecule has 0 aliphatic carbocycles. The molecule has 200 valence electrons. The predicted octanol–water partition coefficient (Wildman–Crippen LogP) is 3.25. The first kappa shape index (κ1) is 26.7. The number of rotatable bonds is 5. The molecule has 1 spiro atoms. The molecule has 9 nitrogen and oxygen atoms in total. The fraction of sp³-hybridized carbons (Fsp3) is 0.391. The summed E-state index contributed by atoms with van der Waals surface area (Å²) in [6, 6.07) is 7.92. The maximum Gasteiger partial charge on any atom is 0.573 e. The van der Waals surface area contributed by atoms with Crippen LogP contribution in [0.5, 0.6) is 5.75 Å². The SMILES string of the molecule is NS(=O)(=O)c1ccc(C(=O)N2CC3(CCN(C(=O)OCc4ccc(OC(F)(F)F)cc4F)CC3)C2)cc1. The highest BCUT2D eigenvalue weighted by molar-refractivity contribution is 7.89. The minimum Gasteiger partial charge on any atom is -0.444 e. The summed E-state index contributed by atoms with van der Waals surface area (Å²) in [6.07, 6.45) is -4.38. The Morgan fingerprint density at radius 2 is 1.62 bits per heavy atom. The number of nitrogens with zero attached hydrogens (tertiary/aromatic N) is 2. The van der Waals surface area contributed by atoms with Gasteiger partial charge >= 0.3 is 12.5 Å². The molecule has 2 aliphatic rings. The van der Waals surface area contributed by atoms with E-state index in [0.717, 1.165) is 12.1 Å². The number of likely N-dealkylation sites (tertiary alicyclic amines) is 2. The van der Waals surface area contributed by atoms with Crippen LogP contribution in [-0.2, 0) is 21.4 Å². The average Bonchev–Trinajstić information content (AvgIpc) is 2.80. The number of primary sulfonamides is 1. The van der Waals surface area contributed by atoms with Crippen molar-refractivity contribution in [1.29, 1.82) is 0 Å². The van der Waals surface area contributed by atoms with Crippen molar-refractivity contribution in [3.05, 3.63) is 59.4 Å². The van der Waals surface area contributed by atoms with E-state index in [9.17, 15) is 35.6 Å². The topological polar surface area (TPSA) is 119 Å². The van der Waals surface area contributed by atoms with Crippen molar-refractivity contribution < 1.29 is 45.0 Å². The molecule has 0 aromatic heterocycles. The number of hydrogen-bond donors (Lipinski definition) is 1. The molecule has 0 unspecified atom stereocenters. The van der Waals surface area contributed by atoms with Gasteiger partial charge < -0.3 is 19.3 Å². The van der Waals surface area contributed by atoms with Crippen molar-refractivity contribution in [2.45, 2.75) is 30.7 Å². The Kier molecular flexibility index (Phi) is 7.08. The van der Waals surface area contributed by atoms with Crippen molar-refractivity contribution in [2.24, 2.45) is 10.6 Å². The third-order valence-electron chi connectivity index (χ3n) is 6.46. The Balaban J connectivity index is 1.24. The van der Waals surface area contributed by atoms with Gasteiger partial charge in [-0.3, -0.25) is 4.79 Å². The van der Waals surface area contributed by atoms with Gasteiger partial charge in [-0.2, -0.15) is 0 Å². The summed E-state index contributed by atoms with van der Waals surface area (Å²) < 4.78 is 82.3. The number of sulfonamides is 1. The van der Waals surface area contributed by atoms with Gasteiger partial charge in [0.05, 0.1) is 4.90 Å². The average molecular weight is 546 g/mol. The minimum absolute atomic E-state index is 0.0846. The van der Waals surface area contributed by atoms with Crippen LogP contribution in [0.15, 0.2) is 47.4 Å². The van der Waals surface area contributed by atoms with Crippen LogP contribution in [0, 0.1) is 11.2 Å². The van der Waals surface area contributed by atoms with Crippen LogP contribution < -0.4 is 9.88 Å². The highest BCUT2D eigenvalue weighted by atomic mass is 32.2. The largest absolute Gasteiger partial charge is 0.573 e. The van der Waals surface area contributed by atoms with Gasteiger partial charge in [0.1, 0.15) is 18.2 Å². The van der Waals surface area contributed by atoms with Gasteiger partial charge in [0.2, 0.25) is 10.0 Å². The van der Waals surface area contributed by atoms with Crippen LogP contribution >= 0.6 is 0 Å². The summed E-state index contributed by atoms with van der Waals surface area (Å²) in [5.41, 5.74) is 0.100. The number of carbonyl (C=O) groups excluding carboxylic acids is 2. The number of amides is 2. The van der Waals surface area contributed by atoms with Crippen LogP contribution in [0.1, 0.15) is 28.8 Å². The standard InChI is InChI=1S/C23H23F4N3O6S/c24-19-11-17(36-23(25,26)27)4-1-16(19)12-35-21(32)29-9-7-22(8-10-29)13-30(14-22)20(31)15-2-5-18(6-3-15)37(28,33)34/h1-6,11H,7-10,12-14H2,(H2,28,33,34). The molecule has 2 aromatic carbocycles. The first-order chi connectivity index (χ1) is 17.2. The molecule has 2 saturated heterocycles. The highest BCUT2D eigenvalue weighted by Crippen LogP contribution is 2.41. The molecule has 2 aromatic rings. The first-order valence-corrected chi connectivity index (χ1v) is 12.7. The highest BCUT2D eigenvalue weighted by Gasteiger charge is 2.47. The summed E-state index contributed by atoms with van der Waals surface area (Å²) in [5.74, 6) is -1.94. The zero-order valence-electron chi connectivity index (χ0n) is 19.3. The van der Waals surface area contributed by atoms with Gasteiger partial charge in [-0.15, -0.1) is 13.2 Å². The van der Waals surface area contributed by atoms with Crippen LogP contribution in [0.25, 0.3) is 0 Å². The number of halogens is 4. The Labute approximate surface area is 209 Å². The Bertz CT molecular complexity index is 1280. The molecule has 2 aliphatic heterocycles. The second-order valence-corrected chi connectivity index (χ2v) is 10.6. The molecular weight excluding hydrogens is 522 g/mol. The van der Waals surface area contributed by atoms with E-state index in [2.05, 4.69) is 4.74 Å². The van der Waals surface area contributed by atoms with E-state index < -0.39 is 40.7 Å². The lowest BCUT2D eigenvalue weighted by atomic mass is 9.72. The molecule has 37 heavy (non-hydrogen) atoms. The number of carbonyl (C=O) groups is 2. The van der Waals surface area contributed by atoms with Crippen molar-refractivity contribution in [2.75, 3.05) is 26.2 Å². The maximum atomic E-state index is 14.1. The van der Waals surface area contributed by atoms with E-state index in [4.69, 9.17) is 9.88 Å². The third kappa shape index (κ3) is 6.31. The predicted molar refractivity (Wildman–Crippen MR) is 120 cm³/mol. The van der Waals surface area contributed by atoms with Crippen LogP contribution in [0.2, 0.25) is 0 Å². The summed E-state index contributed by atoms with van der Waals surface area (Å²) >= 11 is 0. The number of piperidine rings is 1. The Morgan fingerprint density at radius 3 is 2.16 bits per heavy atom. The zero-order chi connectivity index (χ0) is 27.0. The number of benzene rings is 2. The molecule has 2 amide bonds. The normalized spacial score (nSPS) is 17.3. The van der Waals surface area contributed by atoms with Crippen molar-refractivity contribution in [3.63, 3.8) is 0 Å². The van der Waals surface area contributed by atoms with Gasteiger partial charge in [0.15, 0.2) is 0 Å². The maximum absolute atomic E-state index is 14.1. The molecule has 0 atom stereocenters. The van der Waals surface area contributed by atoms with Gasteiger partial charge in [0, 0.05) is 48.8 Å². The number of alkyl halides is 3. The minimum atomic E-state index is -4.95. The summed E-state index contributed by atoms with van der Waals surface area (Å²) in [5, 5.41) is 5.07. The van der Waals surface area contributed by atoms with Gasteiger partial charge in [-0.05, 0) is 49.2 Å². The molecule has 2 fully saturated rings. The fourth-order valence-electron chi connectivity index (χ4n) is 4.43. The first-order valence-electron chi connectivity index (χ1n) is 11.1. The lowest BCUT2D eigenvalue weighted by Gasteiger charge is -2.53. The van der Waals surface area contributed by atoms with Crippen LogP contribution in [-0.4, -0.2) is 62.8 Å². The molecule has 14 heteroatoms. The van der Waals surface area contributed by atoms with E-state index >= 15 is 0 Å². The zero-order valence-corrected chi connectivity index (χ0v) is 20.1. The monoisotopic (exact) mass is 545 g/mol. The van der Waals surface area contributed by atoms with E-state index in [1.165, 1.54) is 29.2 Å². The van der Waals surface area contributed by atoms with Crippen molar-refractivity contribution >= 4 is 22.0 Å². The molecule has 2 N–H and O–H groups in total. The molecule has 0 bridgehead atoms. The van der Waals surface area contributed by atoms with E-state index in [1.807, 2.05) is 0 Å². The smallest absolute Gasteiger partial charge is 0.444 e. The third-order valence-corrected chi connectivity index (χ3v) is 7.39. The molecule has 4 rings (SSSR count). The fourth-order valence-corrected chi connectivity index (χ4v) is 4.95. The summed E-state index contributed by atoms with van der Waals surface area (Å²) in [7, 11) is -3.85. The summed E-state index contributed by atoms with van der Waals surface area (Å²) in [4.78, 5) is 28.1. The molecular formula is C23H23F4N3O6S. The van der Waals surface area contributed by atoms with Gasteiger partial charge in [0.25, 0.3) is 5.91 Å². The van der Waals surface area contributed by atoms with E-state index in [0.29, 0.717) is 50.7 Å². The van der Waals surface area contributed by atoms with Crippen molar-refractivity contribution in [3.8, 4) is 5.75 Å². The lowest BCUT2D eigenvalue weighted by molar-refractivity contribution is -0.274. The van der Waals surface area contributed by atoms with Crippen molar-refractivity contribution in [1.82, 2.24) is 9.80 Å². The van der Waals surface area contributed by atoms with E-state index in [1.54, 1.807) is 4.90 Å². The number of nitrogens with two attached hydrogens (primary N) is 1. The number of hydrogen-bond acceptors (Lipinski definition) is 6. The van der Waals surface area contributed by atoms with Gasteiger partial charge in [-0.1, -0.05) is 0 Å². The second kappa shape index (κ2) is 9.82. The van der Waals surface area contributed by atoms with Crippen LogP contribution in [0.4, 0.5) is 22.4 Å². The molecule has 0 saturated carbocycles. The number of ether oxygens (including phenoxy) is 2. The quantitative estimate of drug-likeness (QED) is 0.577. The Morgan fingerprint density at radius 1 is 1.00 bits per heavy atom. The molecule has 0 radical (unpaired) electrons. The van der Waals surface area contributed by atoms with Gasteiger partial charge in [-0.25, -0.2) is 22.7 Å². The lowest BCUT2D eigenvalue weighted by Crippen LogP contribution is -2.62. The second-order valence-electron chi connectivity index (χ2n) is 9.07.